The predicted molar refractivity (Wildman–Crippen MR) is 123 cm³/mol. The SMILES string of the molecule is COc1cc(C)[nH]c(=O)c1CN1CCN(C)c2ccc(-c3c(C)noc3C)c(Cl)c2C1=O. The minimum atomic E-state index is -0.275. The van der Waals surface area contributed by atoms with E-state index in [0.717, 1.165) is 11.3 Å². The normalized spacial score (nSPS) is 13.9. The first-order chi connectivity index (χ1) is 15.2. The Morgan fingerprint density at radius 2 is 1.94 bits per heavy atom. The lowest BCUT2D eigenvalue weighted by Crippen LogP contribution is -2.35. The molecule has 1 amide bonds. The first-order valence-corrected chi connectivity index (χ1v) is 10.6. The van der Waals surface area contributed by atoms with E-state index in [9.17, 15) is 9.59 Å². The minimum Gasteiger partial charge on any atom is -0.496 e. The molecule has 2 aromatic heterocycles. The van der Waals surface area contributed by atoms with Crippen molar-refractivity contribution in [2.45, 2.75) is 27.3 Å². The highest BCUT2D eigenvalue weighted by Crippen LogP contribution is 2.40. The maximum Gasteiger partial charge on any atom is 0.257 e. The molecule has 0 saturated heterocycles. The number of aromatic nitrogens is 2. The average Bonchev–Trinajstić information content (AvgIpc) is 3.02. The van der Waals surface area contributed by atoms with Crippen LogP contribution >= 0.6 is 11.6 Å². The van der Waals surface area contributed by atoms with Crippen LogP contribution in [0.25, 0.3) is 11.1 Å². The third kappa shape index (κ3) is 3.64. The minimum absolute atomic E-state index is 0.108. The van der Waals surface area contributed by atoms with Gasteiger partial charge in [0.2, 0.25) is 0 Å². The molecular formula is C23H25ClN4O4. The number of aryl methyl sites for hydroxylation is 3. The van der Waals surface area contributed by atoms with E-state index in [-0.39, 0.29) is 18.0 Å². The average molecular weight is 457 g/mol. The van der Waals surface area contributed by atoms with Gasteiger partial charge in [-0.25, -0.2) is 0 Å². The van der Waals surface area contributed by atoms with E-state index in [2.05, 4.69) is 10.1 Å². The number of carbonyl (C=O) groups excluding carboxylic acids is 1. The van der Waals surface area contributed by atoms with Crippen LogP contribution in [0, 0.1) is 20.8 Å². The van der Waals surface area contributed by atoms with Gasteiger partial charge in [0.25, 0.3) is 11.5 Å². The molecule has 0 bridgehead atoms. The Hall–Kier alpha value is -3.26. The summed E-state index contributed by atoms with van der Waals surface area (Å²) in [5.41, 5.74) is 4.12. The molecule has 0 aliphatic carbocycles. The highest BCUT2D eigenvalue weighted by atomic mass is 35.5. The second-order valence-electron chi connectivity index (χ2n) is 8.00. The summed E-state index contributed by atoms with van der Waals surface area (Å²) in [5.74, 6) is 0.837. The van der Waals surface area contributed by atoms with Crippen molar-refractivity contribution >= 4 is 23.2 Å². The summed E-state index contributed by atoms with van der Waals surface area (Å²) in [7, 11) is 3.43. The predicted octanol–water partition coefficient (Wildman–Crippen LogP) is 3.71. The van der Waals surface area contributed by atoms with E-state index < -0.39 is 0 Å². The Morgan fingerprint density at radius 1 is 1.19 bits per heavy atom. The van der Waals surface area contributed by atoms with Crippen LogP contribution in [0.5, 0.6) is 5.75 Å². The lowest BCUT2D eigenvalue weighted by molar-refractivity contribution is 0.0753. The number of methoxy groups -OCH3 is 1. The van der Waals surface area contributed by atoms with Gasteiger partial charge in [-0.2, -0.15) is 0 Å². The fraction of sp³-hybridized carbons (Fsp3) is 0.348. The zero-order chi connectivity index (χ0) is 23.2. The largest absolute Gasteiger partial charge is 0.496 e. The molecule has 9 heteroatoms. The maximum atomic E-state index is 13.7. The van der Waals surface area contributed by atoms with Gasteiger partial charge in [-0.05, 0) is 32.9 Å². The molecule has 1 aliphatic heterocycles. The van der Waals surface area contributed by atoms with Crippen molar-refractivity contribution in [2.75, 3.05) is 32.1 Å². The number of hydrogen-bond donors (Lipinski definition) is 1. The zero-order valence-electron chi connectivity index (χ0n) is 18.7. The number of carbonyl (C=O) groups is 1. The third-order valence-electron chi connectivity index (χ3n) is 5.84. The van der Waals surface area contributed by atoms with Crippen molar-refractivity contribution in [3.05, 3.63) is 61.9 Å². The molecule has 1 N–H and O–H groups in total. The summed E-state index contributed by atoms with van der Waals surface area (Å²) < 4.78 is 10.7. The molecule has 4 rings (SSSR count). The fourth-order valence-corrected chi connectivity index (χ4v) is 4.49. The van der Waals surface area contributed by atoms with Crippen LogP contribution in [0.3, 0.4) is 0 Å². The van der Waals surface area contributed by atoms with Crippen LogP contribution in [0.4, 0.5) is 5.69 Å². The number of anilines is 1. The Bertz CT molecular complexity index is 1240. The van der Waals surface area contributed by atoms with Crippen molar-refractivity contribution in [1.82, 2.24) is 15.0 Å². The third-order valence-corrected chi connectivity index (χ3v) is 6.23. The molecule has 32 heavy (non-hydrogen) atoms. The molecule has 1 aromatic carbocycles. The molecule has 1 aliphatic rings. The maximum absolute atomic E-state index is 13.7. The topological polar surface area (TPSA) is 91.7 Å². The molecule has 0 radical (unpaired) electrons. The van der Waals surface area contributed by atoms with Crippen molar-refractivity contribution in [3.8, 4) is 16.9 Å². The first-order valence-electron chi connectivity index (χ1n) is 10.3. The van der Waals surface area contributed by atoms with Gasteiger partial charge in [-0.3, -0.25) is 9.59 Å². The van der Waals surface area contributed by atoms with Crippen LogP contribution in [0.15, 0.2) is 27.5 Å². The molecule has 0 unspecified atom stereocenters. The number of fused-ring (bicyclic) bond motifs is 1. The molecule has 0 spiro atoms. The Labute approximate surface area is 190 Å². The molecule has 3 heterocycles. The smallest absolute Gasteiger partial charge is 0.257 e. The standard InChI is InChI=1S/C23H25ClN4O4/c1-12-10-18(31-5)16(22(29)25-12)11-28-9-8-27(4)17-7-6-15(21(24)20(17)23(28)30)19-13(2)26-32-14(19)3/h6-7,10H,8-9,11H2,1-5H3,(H,25,29). The number of H-pyrrole nitrogens is 1. The molecular weight excluding hydrogens is 432 g/mol. The van der Waals surface area contributed by atoms with Gasteiger partial charge in [0.15, 0.2) is 0 Å². The Balaban J connectivity index is 1.81. The lowest BCUT2D eigenvalue weighted by atomic mass is 9.99. The van der Waals surface area contributed by atoms with Gasteiger partial charge in [0.05, 0.1) is 41.2 Å². The molecule has 168 valence electrons. The number of rotatable bonds is 4. The lowest BCUT2D eigenvalue weighted by Gasteiger charge is -2.22. The molecule has 8 nitrogen and oxygen atoms in total. The van der Waals surface area contributed by atoms with E-state index in [1.807, 2.05) is 37.9 Å². The van der Waals surface area contributed by atoms with Gasteiger partial charge in [-0.1, -0.05) is 22.8 Å². The van der Waals surface area contributed by atoms with Gasteiger partial charge >= 0.3 is 0 Å². The second kappa shape index (κ2) is 8.35. The Kier molecular flexibility index (Phi) is 5.73. The summed E-state index contributed by atoms with van der Waals surface area (Å²) in [5, 5.41) is 4.35. The summed E-state index contributed by atoms with van der Waals surface area (Å²) in [6, 6.07) is 5.53. The highest BCUT2D eigenvalue weighted by Gasteiger charge is 2.31. The van der Waals surface area contributed by atoms with Crippen molar-refractivity contribution in [1.29, 1.82) is 0 Å². The fourth-order valence-electron chi connectivity index (χ4n) is 4.16. The number of likely N-dealkylation sites (N-methyl/N-ethyl adjacent to an activating group) is 1. The summed E-state index contributed by atoms with van der Waals surface area (Å²) in [6.07, 6.45) is 0. The van der Waals surface area contributed by atoms with Crippen molar-refractivity contribution in [2.24, 2.45) is 0 Å². The van der Waals surface area contributed by atoms with Gasteiger partial charge in [-0.15, -0.1) is 0 Å². The van der Waals surface area contributed by atoms with E-state index in [1.54, 1.807) is 17.9 Å². The van der Waals surface area contributed by atoms with E-state index in [4.69, 9.17) is 20.9 Å². The highest BCUT2D eigenvalue weighted by molar-refractivity contribution is 6.37. The number of halogens is 1. The van der Waals surface area contributed by atoms with E-state index >= 15 is 0 Å². The number of amides is 1. The monoisotopic (exact) mass is 456 g/mol. The number of ether oxygens (including phenoxy) is 1. The quantitative estimate of drug-likeness (QED) is 0.643. The van der Waals surface area contributed by atoms with Gasteiger partial charge in [0.1, 0.15) is 11.5 Å². The summed E-state index contributed by atoms with van der Waals surface area (Å²) >= 11 is 6.84. The molecule has 0 atom stereocenters. The molecule has 0 fully saturated rings. The number of nitrogens with one attached hydrogen (secondary N) is 1. The molecule has 0 saturated carbocycles. The number of hydrogen-bond acceptors (Lipinski definition) is 6. The number of pyridine rings is 1. The Morgan fingerprint density at radius 3 is 2.59 bits per heavy atom. The van der Waals surface area contributed by atoms with Gasteiger partial charge < -0.3 is 24.0 Å². The van der Waals surface area contributed by atoms with Crippen LogP contribution < -0.4 is 15.2 Å². The van der Waals surface area contributed by atoms with Crippen LogP contribution in [-0.2, 0) is 6.54 Å². The van der Waals surface area contributed by atoms with Crippen LogP contribution in [-0.4, -0.2) is 48.2 Å². The number of nitrogens with zero attached hydrogens (tertiary/aromatic N) is 3. The van der Waals surface area contributed by atoms with E-state index in [0.29, 0.717) is 57.7 Å². The van der Waals surface area contributed by atoms with Crippen molar-refractivity contribution in [3.63, 3.8) is 0 Å². The summed E-state index contributed by atoms with van der Waals surface area (Å²) in [4.78, 5) is 32.7. The number of benzene rings is 1. The second-order valence-corrected chi connectivity index (χ2v) is 8.38. The molecule has 3 aromatic rings. The number of aromatic amines is 1. The van der Waals surface area contributed by atoms with Crippen LogP contribution in [0.2, 0.25) is 5.02 Å². The van der Waals surface area contributed by atoms with Crippen LogP contribution in [0.1, 0.15) is 33.1 Å². The van der Waals surface area contributed by atoms with Crippen molar-refractivity contribution < 1.29 is 14.1 Å². The van der Waals surface area contributed by atoms with Gasteiger partial charge in [0, 0.05) is 37.0 Å². The summed E-state index contributed by atoms with van der Waals surface area (Å²) in [6.45, 7) is 6.56. The first kappa shape index (κ1) is 22.0. The van der Waals surface area contributed by atoms with E-state index in [1.165, 1.54) is 7.11 Å². The zero-order valence-corrected chi connectivity index (χ0v) is 19.5.